The Balaban J connectivity index is 1.72. The number of hydrogen-bond donors (Lipinski definition) is 0. The molecule has 2 heterocycles. The van der Waals surface area contributed by atoms with E-state index in [0.717, 1.165) is 52.4 Å². The Labute approximate surface area is 110 Å². The van der Waals surface area contributed by atoms with Crippen LogP contribution in [0, 0.1) is 5.92 Å². The second-order valence-corrected chi connectivity index (χ2v) is 5.35. The Hall–Kier alpha value is -0.870. The molecular weight excluding hydrogens is 228 g/mol. The van der Waals surface area contributed by atoms with Gasteiger partial charge in [-0.3, -0.25) is 9.69 Å². The Morgan fingerprint density at radius 2 is 2.11 bits per heavy atom. The topological polar surface area (TPSA) is 32.8 Å². The Kier molecular flexibility index (Phi) is 5.20. The smallest absolute Gasteiger partial charge is 0.246 e. The van der Waals surface area contributed by atoms with Crippen molar-refractivity contribution in [2.75, 3.05) is 45.9 Å². The minimum atomic E-state index is 0.176. The first-order valence-electron chi connectivity index (χ1n) is 7.01. The average molecular weight is 252 g/mol. The largest absolute Gasteiger partial charge is 0.379 e. The van der Waals surface area contributed by atoms with Crippen LogP contribution in [-0.2, 0) is 9.53 Å². The van der Waals surface area contributed by atoms with Crippen LogP contribution in [0.3, 0.4) is 0 Å². The summed E-state index contributed by atoms with van der Waals surface area (Å²) < 4.78 is 5.29. The number of ether oxygens (including phenoxy) is 1. The van der Waals surface area contributed by atoms with Gasteiger partial charge in [0.1, 0.15) is 0 Å². The Morgan fingerprint density at radius 3 is 2.83 bits per heavy atom. The third-order valence-corrected chi connectivity index (χ3v) is 3.70. The van der Waals surface area contributed by atoms with Crippen molar-refractivity contribution < 1.29 is 9.53 Å². The van der Waals surface area contributed by atoms with Crippen molar-refractivity contribution in [1.82, 2.24) is 9.80 Å². The van der Waals surface area contributed by atoms with Crippen LogP contribution in [0.5, 0.6) is 0 Å². The van der Waals surface area contributed by atoms with Crippen LogP contribution in [0.1, 0.15) is 19.8 Å². The van der Waals surface area contributed by atoms with Crippen LogP contribution in [0.4, 0.5) is 0 Å². The summed E-state index contributed by atoms with van der Waals surface area (Å²) in [5.74, 6) is 0.824. The normalized spacial score (nSPS) is 26.7. The van der Waals surface area contributed by atoms with Gasteiger partial charge in [0.05, 0.1) is 13.2 Å². The van der Waals surface area contributed by atoms with Crippen LogP contribution in [0.2, 0.25) is 0 Å². The number of carbonyl (C=O) groups is 1. The molecule has 1 amide bonds. The zero-order valence-electron chi connectivity index (χ0n) is 11.3. The van der Waals surface area contributed by atoms with E-state index in [2.05, 4.69) is 11.8 Å². The van der Waals surface area contributed by atoms with E-state index in [9.17, 15) is 4.79 Å². The number of likely N-dealkylation sites (tertiary alicyclic amines) is 1. The summed E-state index contributed by atoms with van der Waals surface area (Å²) in [5.41, 5.74) is 0. The molecule has 0 aromatic heterocycles. The van der Waals surface area contributed by atoms with Crippen molar-refractivity contribution >= 4 is 5.91 Å². The maximum atomic E-state index is 12.0. The molecular formula is C14H24N2O2. The number of amides is 1. The third kappa shape index (κ3) is 4.10. The molecule has 0 aliphatic carbocycles. The number of rotatable bonds is 3. The fourth-order valence-corrected chi connectivity index (χ4v) is 2.58. The summed E-state index contributed by atoms with van der Waals surface area (Å²) in [6.07, 6.45) is 6.13. The molecule has 18 heavy (non-hydrogen) atoms. The fourth-order valence-electron chi connectivity index (χ4n) is 2.58. The lowest BCUT2D eigenvalue weighted by atomic mass is 10.0. The quantitative estimate of drug-likeness (QED) is 0.706. The molecule has 2 fully saturated rings. The molecule has 2 saturated heterocycles. The number of carbonyl (C=O) groups excluding carboxylic acids is 1. The number of nitrogens with zero attached hydrogens (tertiary/aromatic N) is 2. The maximum absolute atomic E-state index is 12.0. The van der Waals surface area contributed by atoms with E-state index in [1.54, 1.807) is 6.08 Å². The number of morpholine rings is 1. The van der Waals surface area contributed by atoms with E-state index in [-0.39, 0.29) is 5.91 Å². The van der Waals surface area contributed by atoms with Crippen molar-refractivity contribution in [2.45, 2.75) is 19.8 Å². The van der Waals surface area contributed by atoms with E-state index in [4.69, 9.17) is 4.74 Å². The summed E-state index contributed by atoms with van der Waals surface area (Å²) in [6.45, 7) is 8.48. The monoisotopic (exact) mass is 252 g/mol. The zero-order valence-corrected chi connectivity index (χ0v) is 11.3. The predicted molar refractivity (Wildman–Crippen MR) is 71.4 cm³/mol. The lowest BCUT2D eigenvalue weighted by molar-refractivity contribution is -0.127. The average Bonchev–Trinajstić information content (AvgIpc) is 2.40. The molecule has 0 N–H and O–H groups in total. The first-order chi connectivity index (χ1) is 8.75. The van der Waals surface area contributed by atoms with Crippen LogP contribution < -0.4 is 0 Å². The number of hydrogen-bond acceptors (Lipinski definition) is 3. The van der Waals surface area contributed by atoms with Crippen LogP contribution >= 0.6 is 0 Å². The van der Waals surface area contributed by atoms with Gasteiger partial charge in [0.25, 0.3) is 0 Å². The molecule has 2 aliphatic heterocycles. The molecule has 0 aromatic rings. The van der Waals surface area contributed by atoms with Gasteiger partial charge in [-0.1, -0.05) is 13.0 Å². The van der Waals surface area contributed by atoms with Gasteiger partial charge >= 0.3 is 0 Å². The van der Waals surface area contributed by atoms with E-state index in [1.165, 1.54) is 6.42 Å². The second-order valence-electron chi connectivity index (χ2n) is 5.35. The van der Waals surface area contributed by atoms with Gasteiger partial charge in [-0.15, -0.1) is 0 Å². The van der Waals surface area contributed by atoms with Crippen molar-refractivity contribution in [3.05, 3.63) is 12.2 Å². The predicted octanol–water partition coefficient (Wildman–Crippen LogP) is 1.13. The highest BCUT2D eigenvalue weighted by Gasteiger charge is 2.19. The molecule has 4 heteroatoms. The molecule has 1 atom stereocenters. The van der Waals surface area contributed by atoms with E-state index >= 15 is 0 Å². The highest BCUT2D eigenvalue weighted by molar-refractivity contribution is 5.87. The summed E-state index contributed by atoms with van der Waals surface area (Å²) in [7, 11) is 0. The molecule has 0 saturated carbocycles. The highest BCUT2D eigenvalue weighted by atomic mass is 16.5. The lowest BCUT2D eigenvalue weighted by Gasteiger charge is -2.30. The van der Waals surface area contributed by atoms with Gasteiger partial charge in [-0.05, 0) is 18.8 Å². The van der Waals surface area contributed by atoms with Gasteiger partial charge in [0, 0.05) is 38.8 Å². The fraction of sp³-hybridized carbons (Fsp3) is 0.786. The molecule has 0 unspecified atom stereocenters. The first-order valence-corrected chi connectivity index (χ1v) is 7.01. The SMILES string of the molecule is C[C@@H]1CCCN(C(=O)/C=C/CN2CCOCC2)C1. The Bertz CT molecular complexity index is 298. The van der Waals surface area contributed by atoms with Crippen LogP contribution in [0.15, 0.2) is 12.2 Å². The summed E-state index contributed by atoms with van der Waals surface area (Å²) in [4.78, 5) is 16.3. The molecule has 2 rings (SSSR count). The summed E-state index contributed by atoms with van der Waals surface area (Å²) >= 11 is 0. The minimum Gasteiger partial charge on any atom is -0.379 e. The molecule has 0 radical (unpaired) electrons. The van der Waals surface area contributed by atoms with Crippen LogP contribution in [0.25, 0.3) is 0 Å². The maximum Gasteiger partial charge on any atom is 0.246 e. The van der Waals surface area contributed by atoms with Gasteiger partial charge < -0.3 is 9.64 Å². The minimum absolute atomic E-state index is 0.176. The standard InChI is InChI=1S/C14H24N2O2/c1-13-4-2-7-16(12-13)14(17)5-3-6-15-8-10-18-11-9-15/h3,5,13H,2,4,6-12H2,1H3/b5-3+/t13-/m1/s1. The van der Waals surface area contributed by atoms with Crippen molar-refractivity contribution in [2.24, 2.45) is 5.92 Å². The Morgan fingerprint density at radius 1 is 1.33 bits per heavy atom. The van der Waals surface area contributed by atoms with Crippen LogP contribution in [-0.4, -0.2) is 61.6 Å². The van der Waals surface area contributed by atoms with Crippen molar-refractivity contribution in [1.29, 1.82) is 0 Å². The van der Waals surface area contributed by atoms with Gasteiger partial charge in [-0.2, -0.15) is 0 Å². The van der Waals surface area contributed by atoms with E-state index < -0.39 is 0 Å². The molecule has 102 valence electrons. The van der Waals surface area contributed by atoms with Crippen molar-refractivity contribution in [3.8, 4) is 0 Å². The summed E-state index contributed by atoms with van der Waals surface area (Å²) in [6, 6.07) is 0. The second kappa shape index (κ2) is 6.90. The molecule has 4 nitrogen and oxygen atoms in total. The third-order valence-electron chi connectivity index (χ3n) is 3.70. The molecule has 0 spiro atoms. The number of piperidine rings is 1. The van der Waals surface area contributed by atoms with Gasteiger partial charge in [0.15, 0.2) is 0 Å². The van der Waals surface area contributed by atoms with Gasteiger partial charge in [0.2, 0.25) is 5.91 Å². The zero-order chi connectivity index (χ0) is 12.8. The lowest BCUT2D eigenvalue weighted by Crippen LogP contribution is -2.38. The molecule has 0 aromatic carbocycles. The molecule has 2 aliphatic rings. The highest BCUT2D eigenvalue weighted by Crippen LogP contribution is 2.15. The summed E-state index contributed by atoms with van der Waals surface area (Å²) in [5, 5.41) is 0. The van der Waals surface area contributed by atoms with Gasteiger partial charge in [-0.25, -0.2) is 0 Å². The van der Waals surface area contributed by atoms with Crippen molar-refractivity contribution in [3.63, 3.8) is 0 Å². The first kappa shape index (κ1) is 13.6. The van der Waals surface area contributed by atoms with E-state index in [1.807, 2.05) is 11.0 Å². The molecule has 0 bridgehead atoms. The van der Waals surface area contributed by atoms with E-state index in [0.29, 0.717) is 5.92 Å².